The maximum Gasteiger partial charge on any atom is 0.0113 e. The first kappa shape index (κ1) is 13.2. The summed E-state index contributed by atoms with van der Waals surface area (Å²) in [6.45, 7) is 4.84. The van der Waals surface area contributed by atoms with Crippen molar-refractivity contribution in [2.24, 2.45) is 11.8 Å². The third-order valence-electron chi connectivity index (χ3n) is 5.42. The Balaban J connectivity index is 1.57. The number of rotatable bonds is 2. The number of hydrogen-bond donors (Lipinski definition) is 1. The van der Waals surface area contributed by atoms with E-state index in [0.29, 0.717) is 6.04 Å². The first-order chi connectivity index (χ1) is 9.22. The fourth-order valence-corrected chi connectivity index (χ4v) is 3.87. The van der Waals surface area contributed by atoms with Crippen LogP contribution in [0.25, 0.3) is 0 Å². The second-order valence-corrected chi connectivity index (χ2v) is 6.84. The third kappa shape index (κ3) is 3.02. The molecular weight excluding hydrogens is 230 g/mol. The largest absolute Gasteiger partial charge is 0.311 e. The Kier molecular flexibility index (Phi) is 3.93. The molecule has 0 spiro atoms. The average Bonchev–Trinajstić information content (AvgIpc) is 2.43. The van der Waals surface area contributed by atoms with Crippen LogP contribution in [0, 0.1) is 11.8 Å². The van der Waals surface area contributed by atoms with Crippen molar-refractivity contribution in [1.29, 1.82) is 0 Å². The Hall–Kier alpha value is -0.820. The molecule has 1 aromatic carbocycles. The lowest BCUT2D eigenvalue weighted by molar-refractivity contribution is 0.211. The van der Waals surface area contributed by atoms with Crippen LogP contribution in [0.5, 0.6) is 0 Å². The van der Waals surface area contributed by atoms with Gasteiger partial charge < -0.3 is 5.32 Å². The summed E-state index contributed by atoms with van der Waals surface area (Å²) in [5, 5.41) is 3.95. The van der Waals surface area contributed by atoms with Crippen molar-refractivity contribution in [2.75, 3.05) is 0 Å². The van der Waals surface area contributed by atoms with Gasteiger partial charge >= 0.3 is 0 Å². The van der Waals surface area contributed by atoms with Crippen molar-refractivity contribution in [1.82, 2.24) is 5.32 Å². The van der Waals surface area contributed by atoms with Gasteiger partial charge in [0.2, 0.25) is 0 Å². The standard InChI is InChI=1S/C18H27N/c1-13-7-9-17(11-14(13)2)19-18-10-8-15-5-3-4-6-16(15)12-18/h3-6,13-14,17-19H,7-12H2,1-2H3. The van der Waals surface area contributed by atoms with E-state index >= 15 is 0 Å². The van der Waals surface area contributed by atoms with E-state index in [1.807, 2.05) is 0 Å². The molecule has 0 saturated heterocycles. The number of aryl methyl sites for hydroxylation is 1. The van der Waals surface area contributed by atoms with Gasteiger partial charge in [-0.05, 0) is 61.5 Å². The second kappa shape index (κ2) is 5.66. The van der Waals surface area contributed by atoms with Crippen LogP contribution in [0.4, 0.5) is 0 Å². The molecule has 3 rings (SSSR count). The van der Waals surface area contributed by atoms with Gasteiger partial charge in [0.05, 0.1) is 0 Å². The van der Waals surface area contributed by atoms with E-state index in [-0.39, 0.29) is 0 Å². The SMILES string of the molecule is CC1CCC(NC2CCc3ccccc3C2)CC1C. The maximum atomic E-state index is 3.95. The van der Waals surface area contributed by atoms with E-state index in [2.05, 4.69) is 43.4 Å². The van der Waals surface area contributed by atoms with Gasteiger partial charge in [-0.25, -0.2) is 0 Å². The number of benzene rings is 1. The fraction of sp³-hybridized carbons (Fsp3) is 0.667. The first-order valence-corrected chi connectivity index (χ1v) is 8.05. The summed E-state index contributed by atoms with van der Waals surface area (Å²) in [5.74, 6) is 1.81. The smallest absolute Gasteiger partial charge is 0.0113 e. The maximum absolute atomic E-state index is 3.95. The van der Waals surface area contributed by atoms with Crippen molar-refractivity contribution in [3.8, 4) is 0 Å². The highest BCUT2D eigenvalue weighted by Crippen LogP contribution is 2.30. The summed E-state index contributed by atoms with van der Waals surface area (Å²) in [6, 6.07) is 10.5. The monoisotopic (exact) mass is 257 g/mol. The van der Waals surface area contributed by atoms with Crippen LogP contribution in [0.15, 0.2) is 24.3 Å². The van der Waals surface area contributed by atoms with Crippen LogP contribution in [-0.2, 0) is 12.8 Å². The van der Waals surface area contributed by atoms with Gasteiger partial charge in [0.25, 0.3) is 0 Å². The Bertz CT molecular complexity index is 425. The molecule has 4 atom stereocenters. The molecule has 0 aliphatic heterocycles. The minimum Gasteiger partial charge on any atom is -0.311 e. The lowest BCUT2D eigenvalue weighted by Gasteiger charge is -2.36. The highest BCUT2D eigenvalue weighted by atomic mass is 15.0. The van der Waals surface area contributed by atoms with Gasteiger partial charge in [-0.15, -0.1) is 0 Å². The van der Waals surface area contributed by atoms with Crippen molar-refractivity contribution in [3.05, 3.63) is 35.4 Å². The lowest BCUT2D eigenvalue weighted by Crippen LogP contribution is -2.44. The first-order valence-electron chi connectivity index (χ1n) is 8.05. The fourth-order valence-electron chi connectivity index (χ4n) is 3.87. The zero-order valence-corrected chi connectivity index (χ0v) is 12.4. The molecule has 19 heavy (non-hydrogen) atoms. The van der Waals surface area contributed by atoms with E-state index in [1.54, 1.807) is 11.1 Å². The van der Waals surface area contributed by atoms with Gasteiger partial charge in [0.1, 0.15) is 0 Å². The van der Waals surface area contributed by atoms with E-state index in [1.165, 1.54) is 38.5 Å². The van der Waals surface area contributed by atoms with Crippen LogP contribution >= 0.6 is 0 Å². The zero-order valence-electron chi connectivity index (χ0n) is 12.4. The molecule has 0 bridgehead atoms. The molecule has 4 unspecified atom stereocenters. The van der Waals surface area contributed by atoms with Crippen molar-refractivity contribution >= 4 is 0 Å². The lowest BCUT2D eigenvalue weighted by atomic mass is 9.78. The molecule has 1 heteroatoms. The number of nitrogens with one attached hydrogen (secondary N) is 1. The summed E-state index contributed by atoms with van der Waals surface area (Å²) in [4.78, 5) is 0. The van der Waals surface area contributed by atoms with E-state index in [9.17, 15) is 0 Å². The van der Waals surface area contributed by atoms with E-state index in [4.69, 9.17) is 0 Å². The Labute approximate surface area is 117 Å². The Morgan fingerprint density at radius 1 is 0.895 bits per heavy atom. The van der Waals surface area contributed by atoms with Crippen molar-refractivity contribution in [3.63, 3.8) is 0 Å². The Morgan fingerprint density at radius 3 is 2.47 bits per heavy atom. The molecular formula is C18H27N. The van der Waals surface area contributed by atoms with Crippen molar-refractivity contribution < 1.29 is 0 Å². The van der Waals surface area contributed by atoms with Gasteiger partial charge in [0.15, 0.2) is 0 Å². The Morgan fingerprint density at radius 2 is 1.68 bits per heavy atom. The summed E-state index contributed by atoms with van der Waals surface area (Å²) in [5.41, 5.74) is 3.15. The summed E-state index contributed by atoms with van der Waals surface area (Å²) in [7, 11) is 0. The molecule has 1 N–H and O–H groups in total. The van der Waals surface area contributed by atoms with Crippen LogP contribution in [0.2, 0.25) is 0 Å². The molecule has 104 valence electrons. The molecule has 2 aliphatic rings. The van der Waals surface area contributed by atoms with Gasteiger partial charge in [-0.3, -0.25) is 0 Å². The average molecular weight is 257 g/mol. The van der Waals surface area contributed by atoms with Crippen LogP contribution in [-0.4, -0.2) is 12.1 Å². The van der Waals surface area contributed by atoms with Gasteiger partial charge in [-0.1, -0.05) is 38.1 Å². The molecule has 1 aromatic rings. The molecule has 2 aliphatic carbocycles. The zero-order chi connectivity index (χ0) is 13.2. The molecule has 1 saturated carbocycles. The predicted octanol–water partition coefficient (Wildman–Crippen LogP) is 3.96. The molecule has 0 heterocycles. The summed E-state index contributed by atoms with van der Waals surface area (Å²) >= 11 is 0. The normalized spacial score (nSPS) is 34.8. The quantitative estimate of drug-likeness (QED) is 0.845. The van der Waals surface area contributed by atoms with Crippen LogP contribution in [0.1, 0.15) is 50.7 Å². The molecule has 1 nitrogen and oxygen atoms in total. The summed E-state index contributed by atoms with van der Waals surface area (Å²) < 4.78 is 0. The molecule has 1 fully saturated rings. The molecule has 0 aromatic heterocycles. The van der Waals surface area contributed by atoms with Gasteiger partial charge in [0, 0.05) is 12.1 Å². The van der Waals surface area contributed by atoms with Gasteiger partial charge in [-0.2, -0.15) is 0 Å². The predicted molar refractivity (Wildman–Crippen MR) is 81.4 cm³/mol. The highest BCUT2D eigenvalue weighted by Gasteiger charge is 2.27. The summed E-state index contributed by atoms with van der Waals surface area (Å²) in [6.07, 6.45) is 7.96. The third-order valence-corrected chi connectivity index (χ3v) is 5.42. The van der Waals surface area contributed by atoms with E-state index in [0.717, 1.165) is 17.9 Å². The molecule has 0 amide bonds. The second-order valence-electron chi connectivity index (χ2n) is 6.84. The number of fused-ring (bicyclic) bond motifs is 1. The van der Waals surface area contributed by atoms with E-state index < -0.39 is 0 Å². The minimum absolute atomic E-state index is 0.709. The van der Waals surface area contributed by atoms with Crippen LogP contribution < -0.4 is 5.32 Å². The minimum atomic E-state index is 0.709. The highest BCUT2D eigenvalue weighted by molar-refractivity contribution is 5.30. The van der Waals surface area contributed by atoms with Crippen molar-refractivity contribution in [2.45, 2.75) is 64.5 Å². The number of hydrogen-bond acceptors (Lipinski definition) is 1. The molecule has 0 radical (unpaired) electrons. The van der Waals surface area contributed by atoms with Crippen LogP contribution in [0.3, 0.4) is 0 Å². The topological polar surface area (TPSA) is 12.0 Å².